The van der Waals surface area contributed by atoms with Crippen molar-refractivity contribution in [2.45, 2.75) is 13.8 Å². The zero-order chi connectivity index (χ0) is 16.7. The molecule has 0 atom stereocenters. The summed E-state index contributed by atoms with van der Waals surface area (Å²) >= 11 is 0. The Balaban J connectivity index is 0.00000288. The van der Waals surface area contributed by atoms with Gasteiger partial charge in [-0.15, -0.1) is 0 Å². The summed E-state index contributed by atoms with van der Waals surface area (Å²) in [7, 11) is 0. The van der Waals surface area contributed by atoms with Crippen LogP contribution in [0.3, 0.4) is 0 Å². The van der Waals surface area contributed by atoms with E-state index in [0.29, 0.717) is 24.2 Å². The molecule has 24 heavy (non-hydrogen) atoms. The molecule has 2 rings (SSSR count). The zero-order valence-electron chi connectivity index (χ0n) is 13.8. The summed E-state index contributed by atoms with van der Waals surface area (Å²) in [5.74, 6) is 0.0210. The molecule has 0 saturated heterocycles. The molecule has 0 aromatic heterocycles. The van der Waals surface area contributed by atoms with E-state index in [-0.39, 0.29) is 34.1 Å². The molecule has 0 fully saturated rings. The Kier molecular flexibility index (Phi) is 7.69. The molecule has 5 heteroatoms. The summed E-state index contributed by atoms with van der Waals surface area (Å²) < 4.78 is 0. The Labute approximate surface area is 153 Å². The van der Waals surface area contributed by atoms with Crippen LogP contribution in [0.2, 0.25) is 0 Å². The van der Waals surface area contributed by atoms with Crippen molar-refractivity contribution in [3.63, 3.8) is 0 Å². The maximum atomic E-state index is 11.6. The van der Waals surface area contributed by atoms with Crippen LogP contribution in [0, 0.1) is 5.41 Å². The third-order valence-electron chi connectivity index (χ3n) is 3.51. The smallest absolute Gasteiger partial charge is 0.187 e. The molecule has 0 heterocycles. The molecule has 0 aromatic rings. The SMILES string of the molecule is CC(C)(CN/C=C1/C=CC=CC1=O)CN/C=C1/C=CC=CC1=O.[67Cu]. The number of hydrogen-bond acceptors (Lipinski definition) is 4. The van der Waals surface area contributed by atoms with Crippen molar-refractivity contribution >= 4 is 11.6 Å². The summed E-state index contributed by atoms with van der Waals surface area (Å²) in [4.78, 5) is 23.2. The molecule has 2 aliphatic carbocycles. The predicted molar refractivity (Wildman–Crippen MR) is 92.5 cm³/mol. The Hall–Kier alpha value is -2.10. The molecule has 1 radical (unpaired) electrons. The molecule has 0 bridgehead atoms. The monoisotopic (exact) mass is 377 g/mol. The van der Waals surface area contributed by atoms with E-state index in [1.54, 1.807) is 48.9 Å². The number of carbonyl (C=O) groups excluding carboxylic acids is 2. The molecule has 0 aliphatic heterocycles. The van der Waals surface area contributed by atoms with E-state index in [1.165, 1.54) is 0 Å². The third-order valence-corrected chi connectivity index (χ3v) is 3.51. The normalized spacial score (nSPS) is 19.8. The van der Waals surface area contributed by atoms with E-state index in [1.807, 2.05) is 12.2 Å². The predicted octanol–water partition coefficient (Wildman–Crippen LogP) is 2.35. The Bertz CT molecular complexity index is 609. The summed E-state index contributed by atoms with van der Waals surface area (Å²) in [5.41, 5.74) is 1.27. The van der Waals surface area contributed by atoms with Crippen LogP contribution in [0.4, 0.5) is 0 Å². The van der Waals surface area contributed by atoms with Gasteiger partial charge in [0.15, 0.2) is 11.6 Å². The van der Waals surface area contributed by atoms with Gasteiger partial charge in [-0.25, -0.2) is 0 Å². The van der Waals surface area contributed by atoms with E-state index in [4.69, 9.17) is 0 Å². The van der Waals surface area contributed by atoms with Crippen molar-refractivity contribution in [2.24, 2.45) is 5.41 Å². The average molecular weight is 377 g/mol. The third kappa shape index (κ3) is 6.19. The molecule has 2 N–H and O–H groups in total. The van der Waals surface area contributed by atoms with Gasteiger partial charge in [-0.3, -0.25) is 9.59 Å². The number of carbonyl (C=O) groups is 2. The summed E-state index contributed by atoms with van der Waals surface area (Å²) in [6.45, 7) is 5.64. The molecule has 0 spiro atoms. The largest absolute Gasteiger partial charge is 0.390 e. The van der Waals surface area contributed by atoms with Crippen molar-refractivity contribution < 1.29 is 26.7 Å². The quantitative estimate of drug-likeness (QED) is 0.551. The summed E-state index contributed by atoms with van der Waals surface area (Å²) in [6.07, 6.45) is 17.3. The van der Waals surface area contributed by atoms with Crippen LogP contribution < -0.4 is 10.6 Å². The van der Waals surface area contributed by atoms with Gasteiger partial charge in [0.1, 0.15) is 0 Å². The van der Waals surface area contributed by atoms with Gasteiger partial charge in [-0.1, -0.05) is 38.2 Å². The second kappa shape index (κ2) is 9.26. The van der Waals surface area contributed by atoms with Crippen LogP contribution >= 0.6 is 0 Å². The van der Waals surface area contributed by atoms with Gasteiger partial charge < -0.3 is 10.6 Å². The van der Waals surface area contributed by atoms with Gasteiger partial charge in [-0.05, 0) is 29.7 Å². The van der Waals surface area contributed by atoms with Gasteiger partial charge in [0, 0.05) is 53.7 Å². The zero-order valence-corrected chi connectivity index (χ0v) is 14.7. The molecule has 2 aliphatic rings. The maximum absolute atomic E-state index is 11.6. The first-order valence-electron chi connectivity index (χ1n) is 7.63. The fourth-order valence-electron chi connectivity index (χ4n) is 2.14. The van der Waals surface area contributed by atoms with Gasteiger partial charge in [-0.2, -0.15) is 0 Å². The van der Waals surface area contributed by atoms with Crippen LogP contribution in [0.25, 0.3) is 0 Å². The number of allylic oxidation sites excluding steroid dienone is 10. The number of nitrogens with one attached hydrogen (secondary N) is 2. The first-order chi connectivity index (χ1) is 11.0. The molecule has 0 aromatic carbocycles. The first-order valence-corrected chi connectivity index (χ1v) is 7.63. The van der Waals surface area contributed by atoms with Crippen LogP contribution in [-0.2, 0) is 26.7 Å². The minimum Gasteiger partial charge on any atom is -0.390 e. The van der Waals surface area contributed by atoms with Crippen LogP contribution in [0.15, 0.2) is 72.2 Å². The van der Waals surface area contributed by atoms with Crippen molar-refractivity contribution in [1.82, 2.24) is 10.6 Å². The molecule has 0 unspecified atom stereocenters. The topological polar surface area (TPSA) is 58.2 Å². The van der Waals surface area contributed by atoms with Gasteiger partial charge in [0.25, 0.3) is 0 Å². The fraction of sp³-hybridized carbons (Fsp3) is 0.263. The Morgan fingerprint density at radius 1 is 0.792 bits per heavy atom. The fourth-order valence-corrected chi connectivity index (χ4v) is 2.14. The minimum atomic E-state index is -0.0390. The van der Waals surface area contributed by atoms with E-state index < -0.39 is 0 Å². The van der Waals surface area contributed by atoms with Crippen molar-refractivity contribution in [3.05, 3.63) is 72.2 Å². The van der Waals surface area contributed by atoms with Crippen LogP contribution in [-0.4, -0.2) is 24.7 Å². The number of hydrogen-bond donors (Lipinski definition) is 2. The van der Waals surface area contributed by atoms with Crippen molar-refractivity contribution in [1.29, 1.82) is 0 Å². The Morgan fingerprint density at radius 2 is 1.17 bits per heavy atom. The Morgan fingerprint density at radius 3 is 1.54 bits per heavy atom. The second-order valence-electron chi connectivity index (χ2n) is 6.29. The van der Waals surface area contributed by atoms with Crippen LogP contribution in [0.5, 0.6) is 0 Å². The summed E-state index contributed by atoms with van der Waals surface area (Å²) in [5, 5.41) is 6.40. The number of rotatable bonds is 6. The van der Waals surface area contributed by atoms with E-state index >= 15 is 0 Å². The maximum Gasteiger partial charge on any atom is 0.187 e. The van der Waals surface area contributed by atoms with Gasteiger partial charge in [0.2, 0.25) is 0 Å². The first kappa shape index (κ1) is 19.9. The van der Waals surface area contributed by atoms with Gasteiger partial charge >= 0.3 is 0 Å². The molecule has 0 saturated carbocycles. The molecular weight excluding hydrogens is 355 g/mol. The second-order valence-corrected chi connectivity index (χ2v) is 6.29. The number of ketones is 2. The van der Waals surface area contributed by atoms with Gasteiger partial charge in [0.05, 0.1) is 0 Å². The minimum absolute atomic E-state index is 0. The average Bonchev–Trinajstić information content (AvgIpc) is 2.51. The molecule has 4 nitrogen and oxygen atoms in total. The van der Waals surface area contributed by atoms with Crippen molar-refractivity contribution in [3.8, 4) is 0 Å². The van der Waals surface area contributed by atoms with Crippen LogP contribution in [0.1, 0.15) is 13.8 Å². The van der Waals surface area contributed by atoms with E-state index in [2.05, 4.69) is 24.5 Å². The van der Waals surface area contributed by atoms with Crippen molar-refractivity contribution in [2.75, 3.05) is 13.1 Å². The standard InChI is InChI=1S/C19H22N2O2.Cu/c1-19(2,13-20-11-15-7-3-5-9-17(15)22)14-21-12-16-8-4-6-10-18(16)23;/h3-12,20-21H,13-14H2,1-2H3;/b15-11-,16-12-;/i;1+3. The molecule has 0 amide bonds. The molecular formula is C19H22CuN2O2. The van der Waals surface area contributed by atoms with E-state index in [0.717, 1.165) is 0 Å². The summed E-state index contributed by atoms with van der Waals surface area (Å²) in [6, 6.07) is 0. The molecule has 131 valence electrons. The van der Waals surface area contributed by atoms with E-state index in [9.17, 15) is 9.59 Å².